The lowest BCUT2D eigenvalue weighted by molar-refractivity contribution is -0.138. The van der Waals surface area contributed by atoms with Crippen LogP contribution in [-0.4, -0.2) is 156 Å². The van der Waals surface area contributed by atoms with Crippen molar-refractivity contribution in [3.05, 3.63) is 149 Å². The van der Waals surface area contributed by atoms with Crippen molar-refractivity contribution in [3.8, 4) is 5.75 Å². The molecule has 0 aliphatic carbocycles. The summed E-state index contributed by atoms with van der Waals surface area (Å²) in [6.45, 7) is 9.39. The fourth-order valence-corrected chi connectivity index (χ4v) is 12.2. The first-order chi connectivity index (χ1) is 49.8. The van der Waals surface area contributed by atoms with Crippen LogP contribution in [0.3, 0.4) is 0 Å². The lowest BCUT2D eigenvalue weighted by atomic mass is 10.00. The molecule has 0 radical (unpaired) electrons. The second kappa shape index (κ2) is 43.6. The topological polar surface area (TPSA) is 401 Å². The standard InChI is InChI=1S/C75H100N12O16S/c1-50(2)43-61(85-74(97)64-24-20-41-87(64)52(5)88)70(93)79-48-68(91)82-60(37-31-53-21-14-13-15-22-53)71(94)84-63(45-54-29-35-59(89)36-30-54)73(96)83-62(44-51(3)4)72(95)81-58-33-27-55(28-34-58)49-103-75(98)102-42-19-12-10-8-6-7-9-11-16-26-67(90)76-39-40-77-69(92)57-32-38-66(78-46-57)86-80-47-56-23-17-18-25-65(56)104(99,100)101/h13-15,17-18,21-23,25,27-30,32-36,38,46-47,50-51,60-64,89H,6-12,16,19-20,24,26,31,37,39-45,48-49H2,1-5H3,(H,76,90)(H,77,92)(H,78,86)(H,79,93)(H,81,95)(H,82,91)(H,83,96)(H,84,94)(H,85,97)(H,99,100,101)/t60-,61-,62-,63-,64-/m0/s1. The summed E-state index contributed by atoms with van der Waals surface area (Å²) in [5, 5.41) is 36.2. The molecule has 1 aromatic heterocycles. The number of pyridine rings is 1. The Morgan fingerprint density at radius 2 is 1.24 bits per heavy atom. The molecule has 1 fully saturated rings. The molecule has 6 rings (SSSR count). The summed E-state index contributed by atoms with van der Waals surface area (Å²) in [4.78, 5) is 139. The number of aryl methyl sites for hydroxylation is 1. The highest BCUT2D eigenvalue weighted by molar-refractivity contribution is 7.86. The summed E-state index contributed by atoms with van der Waals surface area (Å²) < 4.78 is 43.2. The molecular weight excluding hydrogens is 1360 g/mol. The molecule has 2 heterocycles. The molecule has 1 aliphatic heterocycles. The van der Waals surface area contributed by atoms with E-state index in [1.807, 2.05) is 58.0 Å². The fourth-order valence-electron chi connectivity index (χ4n) is 11.5. The van der Waals surface area contributed by atoms with Gasteiger partial charge in [0.05, 0.1) is 24.9 Å². The van der Waals surface area contributed by atoms with E-state index < -0.39 is 88.5 Å². The maximum absolute atomic E-state index is 14.5. The maximum Gasteiger partial charge on any atom is 0.508 e. The number of hydrogen-bond donors (Lipinski definition) is 11. The Kier molecular flexibility index (Phi) is 34.7. The zero-order chi connectivity index (χ0) is 75.4. The molecule has 562 valence electrons. The predicted octanol–water partition coefficient (Wildman–Crippen LogP) is 7.55. The Morgan fingerprint density at radius 1 is 0.625 bits per heavy atom. The monoisotopic (exact) mass is 1460 g/mol. The molecular formula is C75H100N12O16S. The summed E-state index contributed by atoms with van der Waals surface area (Å²) in [6, 6.07) is 25.4. The highest BCUT2D eigenvalue weighted by Crippen LogP contribution is 2.21. The van der Waals surface area contributed by atoms with Crippen LogP contribution in [0.2, 0.25) is 0 Å². The van der Waals surface area contributed by atoms with E-state index in [1.54, 1.807) is 42.5 Å². The van der Waals surface area contributed by atoms with E-state index in [0.29, 0.717) is 61.3 Å². The van der Waals surface area contributed by atoms with Crippen LogP contribution in [0.1, 0.15) is 164 Å². The second-order valence-corrected chi connectivity index (χ2v) is 27.9. The van der Waals surface area contributed by atoms with E-state index in [2.05, 4.69) is 58.0 Å². The predicted molar refractivity (Wildman–Crippen MR) is 391 cm³/mol. The number of aromatic nitrogens is 1. The van der Waals surface area contributed by atoms with Gasteiger partial charge >= 0.3 is 6.16 Å². The third kappa shape index (κ3) is 30.3. The van der Waals surface area contributed by atoms with Crippen molar-refractivity contribution >= 4 is 87.2 Å². The van der Waals surface area contributed by atoms with Crippen LogP contribution < -0.4 is 48.0 Å². The molecule has 1 saturated heterocycles. The van der Waals surface area contributed by atoms with E-state index in [4.69, 9.17) is 9.47 Å². The molecule has 104 heavy (non-hydrogen) atoms. The Bertz CT molecular complexity index is 3770. The number of phenolic OH excluding ortho intramolecular Hbond substituents is 1. The van der Waals surface area contributed by atoms with Crippen LogP contribution in [0, 0.1) is 11.8 Å². The van der Waals surface area contributed by atoms with E-state index in [-0.39, 0.29) is 103 Å². The maximum atomic E-state index is 14.5. The summed E-state index contributed by atoms with van der Waals surface area (Å²) in [6.07, 6.45) is 12.3. The number of nitrogens with zero attached hydrogens (tertiary/aromatic N) is 3. The fraction of sp³-hybridized carbons (Fsp3) is 0.467. The Hall–Kier alpha value is -10.3. The van der Waals surface area contributed by atoms with Crippen molar-refractivity contribution < 1.29 is 75.5 Å². The third-order valence-electron chi connectivity index (χ3n) is 17.0. The highest BCUT2D eigenvalue weighted by atomic mass is 32.2. The van der Waals surface area contributed by atoms with Crippen molar-refractivity contribution in [2.45, 2.75) is 185 Å². The van der Waals surface area contributed by atoms with E-state index in [0.717, 1.165) is 56.9 Å². The minimum absolute atomic E-state index is 0.0224. The van der Waals surface area contributed by atoms with Crippen LogP contribution in [0.25, 0.3) is 0 Å². The number of amides is 9. The zero-order valence-electron chi connectivity index (χ0n) is 59.8. The van der Waals surface area contributed by atoms with Crippen molar-refractivity contribution in [2.24, 2.45) is 16.9 Å². The van der Waals surface area contributed by atoms with Gasteiger partial charge in [-0.3, -0.25) is 53.1 Å². The number of likely N-dealkylation sites (tertiary alicyclic amines) is 1. The molecule has 29 heteroatoms. The molecule has 0 spiro atoms. The van der Waals surface area contributed by atoms with Crippen molar-refractivity contribution in [3.63, 3.8) is 0 Å². The molecule has 1 aliphatic rings. The summed E-state index contributed by atoms with van der Waals surface area (Å²) >= 11 is 0. The number of hydrazone groups is 1. The molecule has 0 saturated carbocycles. The summed E-state index contributed by atoms with van der Waals surface area (Å²) in [7, 11) is -4.43. The molecule has 0 unspecified atom stereocenters. The van der Waals surface area contributed by atoms with Gasteiger partial charge in [0.1, 0.15) is 53.3 Å². The van der Waals surface area contributed by atoms with Gasteiger partial charge in [-0.2, -0.15) is 13.5 Å². The smallest absolute Gasteiger partial charge is 0.508 e. The first kappa shape index (κ1) is 82.7. The molecule has 28 nitrogen and oxygen atoms in total. The number of carbonyl (C=O) groups is 10. The van der Waals surface area contributed by atoms with Gasteiger partial charge in [0.25, 0.3) is 16.0 Å². The molecule has 9 amide bonds. The number of phenols is 1. The van der Waals surface area contributed by atoms with Crippen LogP contribution in [-0.2, 0) is 77.4 Å². The molecule has 11 N–H and O–H groups in total. The van der Waals surface area contributed by atoms with Crippen molar-refractivity contribution in [1.82, 2.24) is 47.1 Å². The van der Waals surface area contributed by atoms with Crippen molar-refractivity contribution in [1.29, 1.82) is 0 Å². The average Bonchev–Trinajstić information content (AvgIpc) is 1.02. The van der Waals surface area contributed by atoms with Gasteiger partial charge in [-0.15, -0.1) is 0 Å². The third-order valence-corrected chi connectivity index (χ3v) is 17.9. The molecule has 4 aromatic carbocycles. The lowest BCUT2D eigenvalue weighted by Gasteiger charge is -2.27. The van der Waals surface area contributed by atoms with Gasteiger partial charge in [-0.05, 0) is 122 Å². The average molecular weight is 1460 g/mol. The van der Waals surface area contributed by atoms with E-state index in [9.17, 15) is 66.0 Å². The van der Waals surface area contributed by atoms with Gasteiger partial charge in [-0.1, -0.05) is 145 Å². The van der Waals surface area contributed by atoms with E-state index in [1.165, 1.54) is 66.7 Å². The Morgan fingerprint density at radius 3 is 1.89 bits per heavy atom. The molecule has 5 aromatic rings. The Labute approximate surface area is 608 Å². The number of unbranched alkanes of at least 4 members (excludes halogenated alkanes) is 8. The minimum Gasteiger partial charge on any atom is -0.508 e. The lowest BCUT2D eigenvalue weighted by Crippen LogP contribution is -2.58. The number of anilines is 2. The number of hydrogen-bond acceptors (Lipinski definition) is 18. The van der Waals surface area contributed by atoms with Gasteiger partial charge in [0.2, 0.25) is 47.3 Å². The van der Waals surface area contributed by atoms with Gasteiger partial charge in [0, 0.05) is 56.8 Å². The normalized spacial score (nSPS) is 13.9. The largest absolute Gasteiger partial charge is 0.508 e. The van der Waals surface area contributed by atoms with Gasteiger partial charge in [-0.25, -0.2) is 9.78 Å². The van der Waals surface area contributed by atoms with Gasteiger partial charge < -0.3 is 62.0 Å². The number of benzene rings is 4. The number of aromatic hydroxyl groups is 1. The Balaban J connectivity index is 0.870. The van der Waals surface area contributed by atoms with Crippen molar-refractivity contribution in [2.75, 3.05) is 43.5 Å². The first-order valence-corrected chi connectivity index (χ1v) is 36.9. The summed E-state index contributed by atoms with van der Waals surface area (Å²) in [5.41, 5.74) is 5.54. The number of carbonyl (C=O) groups excluding carboxylic acids is 10. The quantitative estimate of drug-likeness (QED) is 0.00589. The van der Waals surface area contributed by atoms with Crippen LogP contribution >= 0.6 is 0 Å². The number of rotatable bonds is 43. The molecule has 5 atom stereocenters. The van der Waals surface area contributed by atoms with Crippen LogP contribution in [0.15, 0.2) is 131 Å². The number of nitrogens with one attached hydrogen (secondary N) is 9. The minimum atomic E-state index is -4.43. The summed E-state index contributed by atoms with van der Waals surface area (Å²) in [5.74, 6) is -4.33. The van der Waals surface area contributed by atoms with Gasteiger partial charge in [0.15, 0.2) is 0 Å². The molecule has 0 bridgehead atoms. The van der Waals surface area contributed by atoms with Crippen LogP contribution in [0.4, 0.5) is 16.3 Å². The number of ether oxygens (including phenoxy) is 2. The second-order valence-electron chi connectivity index (χ2n) is 26.5. The highest BCUT2D eigenvalue weighted by Gasteiger charge is 2.36. The SMILES string of the molecule is CC(=O)N1CCC[C@H]1C(=O)N[C@@H](CC(C)C)C(=O)NCC(=O)N[C@@H](CCc1ccccc1)C(=O)N[C@@H](Cc1ccc(O)cc1)C(=O)N[C@@H](CC(C)C)C(=O)Nc1ccc(COC(=O)OCCCCCCCCCCCC(=O)NCCNC(=O)c2ccc(NN=Cc3ccccc3S(=O)(=O)O)nc2)cc1. The zero-order valence-corrected chi connectivity index (χ0v) is 60.6. The van der Waals surface area contributed by atoms with E-state index >= 15 is 0 Å². The van der Waals surface area contributed by atoms with Crippen LogP contribution in [0.5, 0.6) is 5.75 Å². The first-order valence-electron chi connectivity index (χ1n) is 35.4.